The highest BCUT2D eigenvalue weighted by Gasteiger charge is 2.20. The number of nitrogens with zero attached hydrogens (tertiary/aromatic N) is 3. The van der Waals surface area contributed by atoms with Crippen LogP contribution in [-0.4, -0.2) is 26.0 Å². The number of amides is 1. The number of aromatic nitrogens is 3. The summed E-state index contributed by atoms with van der Waals surface area (Å²) < 4.78 is 1.35. The molecule has 134 valence electrons. The minimum atomic E-state index is -0.426. The second kappa shape index (κ2) is 7.99. The van der Waals surface area contributed by atoms with Gasteiger partial charge in [-0.25, -0.2) is 4.68 Å². The minimum Gasteiger partial charge on any atom is -0.335 e. The van der Waals surface area contributed by atoms with Gasteiger partial charge in [0.05, 0.1) is 5.25 Å². The van der Waals surface area contributed by atoms with E-state index in [1.165, 1.54) is 16.4 Å². The molecule has 26 heavy (non-hydrogen) atoms. The van der Waals surface area contributed by atoms with Gasteiger partial charge in [-0.2, -0.15) is 0 Å². The zero-order valence-corrected chi connectivity index (χ0v) is 16.0. The minimum absolute atomic E-state index is 0.176. The van der Waals surface area contributed by atoms with Crippen LogP contribution in [0.2, 0.25) is 10.0 Å². The van der Waals surface area contributed by atoms with Crippen LogP contribution < -0.4 is 11.2 Å². The number of rotatable bonds is 5. The summed E-state index contributed by atoms with van der Waals surface area (Å²) in [5, 5.41) is 12.2. The van der Waals surface area contributed by atoms with Gasteiger partial charge in [0.25, 0.3) is 0 Å². The summed E-state index contributed by atoms with van der Waals surface area (Å²) in [5.74, 6) is 6.38. The van der Waals surface area contributed by atoms with Crippen LogP contribution >= 0.6 is 35.0 Å². The Morgan fingerprint density at radius 3 is 2.58 bits per heavy atom. The third-order valence-corrected chi connectivity index (χ3v) is 5.05. The predicted octanol–water partition coefficient (Wildman–Crippen LogP) is 4.09. The van der Waals surface area contributed by atoms with Crippen LogP contribution in [0.4, 0.5) is 5.69 Å². The Hall–Kier alpha value is -2.22. The van der Waals surface area contributed by atoms with E-state index in [0.29, 0.717) is 26.7 Å². The third kappa shape index (κ3) is 4.30. The second-order valence-corrected chi connectivity index (χ2v) is 7.62. The lowest BCUT2D eigenvalue weighted by Crippen LogP contribution is -2.23. The van der Waals surface area contributed by atoms with Crippen molar-refractivity contribution >= 4 is 46.6 Å². The fraction of sp³-hybridized carbons (Fsp3) is 0.118. The Bertz CT molecular complexity index is 929. The second-order valence-electron chi connectivity index (χ2n) is 5.44. The van der Waals surface area contributed by atoms with Gasteiger partial charge in [0.2, 0.25) is 11.1 Å². The first-order valence-electron chi connectivity index (χ1n) is 7.63. The Morgan fingerprint density at radius 1 is 1.15 bits per heavy atom. The Labute approximate surface area is 164 Å². The Balaban J connectivity index is 1.70. The molecule has 3 rings (SSSR count). The number of benzene rings is 2. The number of hydrogen-bond acceptors (Lipinski definition) is 5. The van der Waals surface area contributed by atoms with Crippen molar-refractivity contribution in [3.63, 3.8) is 0 Å². The molecule has 0 saturated heterocycles. The Morgan fingerprint density at radius 2 is 1.88 bits per heavy atom. The number of halogens is 2. The SMILES string of the molecule is C[C@@H](Sc1nnc(-c2cccc(Cl)c2)n1N)C(=O)Nc1ccc(Cl)cc1. The molecule has 0 fully saturated rings. The fourth-order valence-electron chi connectivity index (χ4n) is 2.17. The van der Waals surface area contributed by atoms with E-state index < -0.39 is 5.25 Å². The number of carbonyl (C=O) groups excluding carboxylic acids is 1. The molecule has 9 heteroatoms. The van der Waals surface area contributed by atoms with Gasteiger partial charge in [0.15, 0.2) is 5.82 Å². The maximum Gasteiger partial charge on any atom is 0.237 e. The molecule has 0 unspecified atom stereocenters. The number of carbonyl (C=O) groups is 1. The molecule has 0 saturated carbocycles. The van der Waals surface area contributed by atoms with E-state index in [2.05, 4.69) is 15.5 Å². The highest BCUT2D eigenvalue weighted by atomic mass is 35.5. The maximum absolute atomic E-state index is 12.4. The molecule has 1 atom stereocenters. The van der Waals surface area contributed by atoms with Crippen LogP contribution in [-0.2, 0) is 4.79 Å². The van der Waals surface area contributed by atoms with Crippen molar-refractivity contribution in [2.75, 3.05) is 11.2 Å². The zero-order chi connectivity index (χ0) is 18.7. The van der Waals surface area contributed by atoms with Crippen LogP contribution in [0.3, 0.4) is 0 Å². The highest BCUT2D eigenvalue weighted by Crippen LogP contribution is 2.26. The molecule has 2 aromatic carbocycles. The number of nitrogens with two attached hydrogens (primary N) is 1. The first-order valence-corrected chi connectivity index (χ1v) is 9.27. The molecule has 3 aromatic rings. The average molecular weight is 408 g/mol. The topological polar surface area (TPSA) is 85.8 Å². The summed E-state index contributed by atoms with van der Waals surface area (Å²) in [7, 11) is 0. The van der Waals surface area contributed by atoms with Gasteiger partial charge >= 0.3 is 0 Å². The molecule has 0 aliphatic heterocycles. The lowest BCUT2D eigenvalue weighted by molar-refractivity contribution is -0.115. The molecule has 6 nitrogen and oxygen atoms in total. The number of anilines is 1. The lowest BCUT2D eigenvalue weighted by Gasteiger charge is -2.11. The quantitative estimate of drug-likeness (QED) is 0.491. The molecule has 3 N–H and O–H groups in total. The van der Waals surface area contributed by atoms with Crippen molar-refractivity contribution in [3.05, 3.63) is 58.6 Å². The van der Waals surface area contributed by atoms with Gasteiger partial charge in [-0.3, -0.25) is 4.79 Å². The smallest absolute Gasteiger partial charge is 0.237 e. The van der Waals surface area contributed by atoms with E-state index in [1.54, 1.807) is 49.4 Å². The molecular weight excluding hydrogens is 393 g/mol. The van der Waals surface area contributed by atoms with Crippen LogP contribution in [0.15, 0.2) is 53.7 Å². The summed E-state index contributed by atoms with van der Waals surface area (Å²) in [5.41, 5.74) is 1.42. The van der Waals surface area contributed by atoms with Crippen LogP contribution in [0.5, 0.6) is 0 Å². The van der Waals surface area contributed by atoms with E-state index >= 15 is 0 Å². The molecule has 1 amide bonds. The van der Waals surface area contributed by atoms with E-state index in [0.717, 1.165) is 5.56 Å². The van der Waals surface area contributed by atoms with E-state index in [1.807, 2.05) is 6.07 Å². The Kier molecular flexibility index (Phi) is 5.70. The lowest BCUT2D eigenvalue weighted by atomic mass is 10.2. The molecule has 0 bridgehead atoms. The first kappa shape index (κ1) is 18.6. The van der Waals surface area contributed by atoms with Crippen molar-refractivity contribution < 1.29 is 4.79 Å². The van der Waals surface area contributed by atoms with Crippen molar-refractivity contribution in [2.24, 2.45) is 0 Å². The van der Waals surface area contributed by atoms with Gasteiger partial charge < -0.3 is 11.2 Å². The third-order valence-electron chi connectivity index (χ3n) is 3.51. The van der Waals surface area contributed by atoms with Crippen molar-refractivity contribution in [3.8, 4) is 11.4 Å². The van der Waals surface area contributed by atoms with E-state index in [4.69, 9.17) is 29.0 Å². The van der Waals surface area contributed by atoms with Crippen molar-refractivity contribution in [1.29, 1.82) is 0 Å². The average Bonchev–Trinajstić information content (AvgIpc) is 2.97. The summed E-state index contributed by atoms with van der Waals surface area (Å²) in [6.45, 7) is 1.77. The maximum atomic E-state index is 12.4. The molecule has 0 spiro atoms. The molecule has 0 aliphatic rings. The van der Waals surface area contributed by atoms with Gasteiger partial charge in [0, 0.05) is 21.3 Å². The predicted molar refractivity (Wildman–Crippen MR) is 106 cm³/mol. The summed E-state index contributed by atoms with van der Waals surface area (Å²) in [4.78, 5) is 12.4. The number of hydrogen-bond donors (Lipinski definition) is 2. The van der Waals surface area contributed by atoms with Gasteiger partial charge in [-0.15, -0.1) is 10.2 Å². The van der Waals surface area contributed by atoms with Crippen molar-refractivity contribution in [1.82, 2.24) is 14.9 Å². The molecular formula is C17H15Cl2N5OS. The summed E-state index contributed by atoms with van der Waals surface area (Å²) in [6, 6.07) is 14.1. The van der Waals surface area contributed by atoms with Crippen molar-refractivity contribution in [2.45, 2.75) is 17.3 Å². The standard InChI is InChI=1S/C17H15Cl2N5OS/c1-10(16(25)21-14-7-5-12(18)6-8-14)26-17-23-22-15(24(17)20)11-3-2-4-13(19)9-11/h2-10H,20H2,1H3,(H,21,25)/t10-/m1/s1. The monoisotopic (exact) mass is 407 g/mol. The molecule has 0 aliphatic carbocycles. The summed E-state index contributed by atoms with van der Waals surface area (Å²) >= 11 is 13.1. The number of thioether (sulfide) groups is 1. The van der Waals surface area contributed by atoms with Crippen LogP contribution in [0.1, 0.15) is 6.92 Å². The number of nitrogen functional groups attached to an aromatic ring is 1. The van der Waals surface area contributed by atoms with Gasteiger partial charge in [0.1, 0.15) is 0 Å². The fourth-order valence-corrected chi connectivity index (χ4v) is 3.26. The van der Waals surface area contributed by atoms with Crippen LogP contribution in [0, 0.1) is 0 Å². The van der Waals surface area contributed by atoms with Gasteiger partial charge in [-0.05, 0) is 43.3 Å². The normalized spacial score (nSPS) is 12.0. The highest BCUT2D eigenvalue weighted by molar-refractivity contribution is 8.00. The van der Waals surface area contributed by atoms with Gasteiger partial charge in [-0.1, -0.05) is 47.1 Å². The van der Waals surface area contributed by atoms with E-state index in [-0.39, 0.29) is 5.91 Å². The van der Waals surface area contributed by atoms with Crippen LogP contribution in [0.25, 0.3) is 11.4 Å². The largest absolute Gasteiger partial charge is 0.335 e. The number of nitrogens with one attached hydrogen (secondary N) is 1. The zero-order valence-electron chi connectivity index (χ0n) is 13.7. The summed E-state index contributed by atoms with van der Waals surface area (Å²) in [6.07, 6.45) is 0. The molecule has 1 aromatic heterocycles. The molecule has 0 radical (unpaired) electrons. The molecule has 1 heterocycles. The first-order chi connectivity index (χ1) is 12.4. The van der Waals surface area contributed by atoms with E-state index in [9.17, 15) is 4.79 Å².